The van der Waals surface area contributed by atoms with Crippen LogP contribution < -0.4 is 5.32 Å². The van der Waals surface area contributed by atoms with Crippen molar-refractivity contribution in [3.8, 4) is 0 Å². The Balaban J connectivity index is 2.33. The normalized spacial score (nSPS) is 10.8. The van der Waals surface area contributed by atoms with E-state index in [4.69, 9.17) is 14.0 Å². The zero-order chi connectivity index (χ0) is 20.8. The number of esters is 2. The highest BCUT2D eigenvalue weighted by Crippen LogP contribution is 2.34. The second-order valence-electron chi connectivity index (χ2n) is 6.43. The molecule has 0 aliphatic carbocycles. The lowest BCUT2D eigenvalue weighted by molar-refractivity contribution is 0.0527. The van der Waals surface area contributed by atoms with Gasteiger partial charge in [-0.05, 0) is 32.3 Å². The number of hydrogen-bond donors (Lipinski definition) is 1. The minimum atomic E-state index is -0.622. The number of anilines is 1. The molecule has 0 atom stereocenters. The van der Waals surface area contributed by atoms with Gasteiger partial charge in [-0.1, -0.05) is 19.0 Å². The first-order chi connectivity index (χ1) is 13.3. The van der Waals surface area contributed by atoms with Crippen molar-refractivity contribution in [3.63, 3.8) is 0 Å². The van der Waals surface area contributed by atoms with Crippen LogP contribution in [-0.2, 0) is 15.9 Å². The number of carbonyl (C=O) groups is 3. The van der Waals surface area contributed by atoms with Crippen LogP contribution in [0.25, 0.3) is 0 Å². The predicted octanol–water partition coefficient (Wildman–Crippen LogP) is 3.85. The van der Waals surface area contributed by atoms with Gasteiger partial charge in [-0.3, -0.25) is 4.79 Å². The molecule has 0 aliphatic rings. The Labute approximate surface area is 167 Å². The summed E-state index contributed by atoms with van der Waals surface area (Å²) in [5.41, 5.74) is 0.626. The second-order valence-corrected chi connectivity index (χ2v) is 7.45. The van der Waals surface area contributed by atoms with E-state index in [2.05, 4.69) is 10.5 Å². The van der Waals surface area contributed by atoms with Crippen LogP contribution in [-0.4, -0.2) is 36.2 Å². The molecule has 8 nitrogen and oxygen atoms in total. The number of aromatic nitrogens is 1. The smallest absolute Gasteiger partial charge is 0.348 e. The number of carbonyl (C=O) groups excluding carboxylic acids is 3. The van der Waals surface area contributed by atoms with E-state index in [0.717, 1.165) is 11.3 Å². The molecule has 2 aromatic heterocycles. The molecule has 0 aromatic carbocycles. The lowest BCUT2D eigenvalue weighted by atomic mass is 10.1. The quantitative estimate of drug-likeness (QED) is 0.661. The number of nitrogens with one attached hydrogen (secondary N) is 1. The first kappa shape index (κ1) is 21.6. The highest BCUT2D eigenvalue weighted by molar-refractivity contribution is 7.18. The first-order valence-corrected chi connectivity index (χ1v) is 9.84. The summed E-state index contributed by atoms with van der Waals surface area (Å²) in [7, 11) is 0. The molecule has 2 aromatic rings. The van der Waals surface area contributed by atoms with Gasteiger partial charge in [-0.15, -0.1) is 11.3 Å². The van der Waals surface area contributed by atoms with E-state index in [-0.39, 0.29) is 34.3 Å². The highest BCUT2D eigenvalue weighted by atomic mass is 32.1. The molecule has 0 saturated carbocycles. The molecule has 0 aliphatic heterocycles. The third-order valence-electron chi connectivity index (χ3n) is 3.72. The van der Waals surface area contributed by atoms with Crippen molar-refractivity contribution < 1.29 is 28.4 Å². The summed E-state index contributed by atoms with van der Waals surface area (Å²) in [5.74, 6) is -0.771. The van der Waals surface area contributed by atoms with Crippen molar-refractivity contribution in [3.05, 3.63) is 33.5 Å². The summed E-state index contributed by atoms with van der Waals surface area (Å²) in [6, 6.07) is 1.56. The molecule has 152 valence electrons. The van der Waals surface area contributed by atoms with Crippen LogP contribution in [0.1, 0.15) is 69.5 Å². The summed E-state index contributed by atoms with van der Waals surface area (Å²) in [6.07, 6.45) is 0.652. The van der Waals surface area contributed by atoms with Gasteiger partial charge in [0.05, 0.1) is 18.8 Å². The number of amides is 1. The van der Waals surface area contributed by atoms with Crippen molar-refractivity contribution in [1.82, 2.24) is 5.16 Å². The summed E-state index contributed by atoms with van der Waals surface area (Å²) in [5, 5.41) is 6.63. The van der Waals surface area contributed by atoms with Crippen LogP contribution in [0.3, 0.4) is 0 Å². The van der Waals surface area contributed by atoms with Crippen LogP contribution in [0, 0.1) is 12.8 Å². The number of rotatable bonds is 8. The molecule has 2 heterocycles. The van der Waals surface area contributed by atoms with Crippen molar-refractivity contribution in [2.24, 2.45) is 5.92 Å². The van der Waals surface area contributed by atoms with Crippen LogP contribution in [0.5, 0.6) is 0 Å². The summed E-state index contributed by atoms with van der Waals surface area (Å²) >= 11 is 0.963. The summed E-state index contributed by atoms with van der Waals surface area (Å²) in [6.45, 7) is 9.40. The minimum Gasteiger partial charge on any atom is -0.462 e. The molecule has 9 heteroatoms. The molecule has 1 amide bonds. The largest absolute Gasteiger partial charge is 0.462 e. The van der Waals surface area contributed by atoms with Crippen LogP contribution in [0.2, 0.25) is 0 Å². The third-order valence-corrected chi connectivity index (χ3v) is 4.90. The molecule has 2 rings (SSSR count). The molecule has 0 bridgehead atoms. The van der Waals surface area contributed by atoms with Crippen LogP contribution in [0.4, 0.5) is 5.00 Å². The lowest BCUT2D eigenvalue weighted by Crippen LogP contribution is -2.15. The summed E-state index contributed by atoms with van der Waals surface area (Å²) in [4.78, 5) is 37.3. The van der Waals surface area contributed by atoms with Gasteiger partial charge in [0.15, 0.2) is 5.69 Å². The Morgan fingerprint density at radius 1 is 1.18 bits per heavy atom. The first-order valence-electron chi connectivity index (χ1n) is 9.02. The van der Waals surface area contributed by atoms with E-state index in [1.165, 1.54) is 0 Å². The average Bonchev–Trinajstić information content (AvgIpc) is 3.19. The standard InChI is InChI=1S/C19H24N2O6S/c1-6-25-18(23)14-11(5)15(19(24)26-7-2)28-17(14)20-16(22)13-9-12(27-21-13)8-10(3)4/h9-10H,6-8H2,1-5H3,(H,20,22). The van der Waals surface area contributed by atoms with E-state index < -0.39 is 17.8 Å². The van der Waals surface area contributed by atoms with E-state index in [1.54, 1.807) is 26.8 Å². The molecule has 0 saturated heterocycles. The van der Waals surface area contributed by atoms with Gasteiger partial charge >= 0.3 is 11.9 Å². The van der Waals surface area contributed by atoms with Crippen molar-refractivity contribution >= 4 is 34.2 Å². The van der Waals surface area contributed by atoms with Crippen molar-refractivity contribution in [1.29, 1.82) is 0 Å². The molecule has 0 fully saturated rings. The van der Waals surface area contributed by atoms with E-state index in [1.807, 2.05) is 13.8 Å². The topological polar surface area (TPSA) is 108 Å². The minimum absolute atomic E-state index is 0.0918. The summed E-state index contributed by atoms with van der Waals surface area (Å²) < 4.78 is 15.3. The zero-order valence-electron chi connectivity index (χ0n) is 16.6. The predicted molar refractivity (Wildman–Crippen MR) is 104 cm³/mol. The maximum Gasteiger partial charge on any atom is 0.348 e. The fourth-order valence-corrected chi connectivity index (χ4v) is 3.61. The number of nitrogens with zero attached hydrogens (tertiary/aromatic N) is 1. The Kier molecular flexibility index (Phi) is 7.33. The van der Waals surface area contributed by atoms with Crippen LogP contribution in [0.15, 0.2) is 10.6 Å². The molecule has 0 radical (unpaired) electrons. The maximum absolute atomic E-state index is 12.6. The van der Waals surface area contributed by atoms with Gasteiger partial charge in [-0.2, -0.15) is 0 Å². The molecule has 0 spiro atoms. The van der Waals surface area contributed by atoms with Gasteiger partial charge in [-0.25, -0.2) is 9.59 Å². The molecular formula is C19H24N2O6S. The molecule has 28 heavy (non-hydrogen) atoms. The second kappa shape index (κ2) is 9.50. The number of ether oxygens (including phenoxy) is 2. The lowest BCUT2D eigenvalue weighted by Gasteiger charge is -2.05. The number of thiophene rings is 1. The number of hydrogen-bond acceptors (Lipinski definition) is 8. The average molecular weight is 408 g/mol. The van der Waals surface area contributed by atoms with Crippen molar-refractivity contribution in [2.45, 2.75) is 41.0 Å². The zero-order valence-corrected chi connectivity index (χ0v) is 17.4. The SMILES string of the molecule is CCOC(=O)c1sc(NC(=O)c2cc(CC(C)C)on2)c(C(=O)OCC)c1C. The highest BCUT2D eigenvalue weighted by Gasteiger charge is 2.28. The van der Waals surface area contributed by atoms with E-state index in [9.17, 15) is 14.4 Å². The van der Waals surface area contributed by atoms with E-state index in [0.29, 0.717) is 23.7 Å². The molecule has 0 unspecified atom stereocenters. The van der Waals surface area contributed by atoms with Crippen molar-refractivity contribution in [2.75, 3.05) is 18.5 Å². The monoisotopic (exact) mass is 408 g/mol. The molecular weight excluding hydrogens is 384 g/mol. The van der Waals surface area contributed by atoms with Gasteiger partial charge in [0.1, 0.15) is 15.6 Å². The fourth-order valence-electron chi connectivity index (χ4n) is 2.53. The third kappa shape index (κ3) is 4.98. The Morgan fingerprint density at radius 2 is 1.82 bits per heavy atom. The molecule has 1 N–H and O–H groups in total. The van der Waals surface area contributed by atoms with E-state index >= 15 is 0 Å². The Hall–Kier alpha value is -2.68. The van der Waals surface area contributed by atoms with Gasteiger partial charge < -0.3 is 19.3 Å². The maximum atomic E-state index is 12.6. The Bertz CT molecular complexity index is 868. The van der Waals surface area contributed by atoms with Gasteiger partial charge in [0, 0.05) is 12.5 Å². The fraction of sp³-hybridized carbons (Fsp3) is 0.474. The van der Waals surface area contributed by atoms with Gasteiger partial charge in [0.25, 0.3) is 5.91 Å². The van der Waals surface area contributed by atoms with Gasteiger partial charge in [0.2, 0.25) is 0 Å². The Morgan fingerprint density at radius 3 is 2.43 bits per heavy atom. The van der Waals surface area contributed by atoms with Crippen LogP contribution >= 0.6 is 11.3 Å².